The maximum atomic E-state index is 13.9. The molecule has 0 amide bonds. The number of fused-ring (bicyclic) bond motifs is 1. The normalized spacial score (nSPS) is 11.1. The molecule has 0 saturated heterocycles. The lowest BCUT2D eigenvalue weighted by molar-refractivity contribution is 0.548. The van der Waals surface area contributed by atoms with Crippen LogP contribution < -0.4 is 0 Å². The van der Waals surface area contributed by atoms with E-state index in [1.807, 2.05) is 0 Å². The van der Waals surface area contributed by atoms with Gasteiger partial charge in [0.15, 0.2) is 0 Å². The van der Waals surface area contributed by atoms with Crippen molar-refractivity contribution >= 4 is 34.2 Å². The number of hydrogen-bond acceptors (Lipinski definition) is 3. The first-order chi connectivity index (χ1) is 9.99. The van der Waals surface area contributed by atoms with Gasteiger partial charge in [-0.2, -0.15) is 5.10 Å². The van der Waals surface area contributed by atoms with Crippen molar-refractivity contribution in [2.75, 3.05) is 0 Å². The fourth-order valence-electron chi connectivity index (χ4n) is 1.94. The fraction of sp³-hybridized carbons (Fsp3) is 0. The van der Waals surface area contributed by atoms with E-state index in [9.17, 15) is 13.2 Å². The Morgan fingerprint density at radius 2 is 1.62 bits per heavy atom. The zero-order valence-electron chi connectivity index (χ0n) is 10.0. The van der Waals surface area contributed by atoms with Crippen LogP contribution in [0.1, 0.15) is 0 Å². The van der Waals surface area contributed by atoms with Crippen LogP contribution in [-0.4, -0.2) is 15.2 Å². The second kappa shape index (κ2) is 5.13. The van der Waals surface area contributed by atoms with Crippen molar-refractivity contribution in [2.24, 2.45) is 0 Å². The average Bonchev–Trinajstić information content (AvgIpc) is 2.41. The lowest BCUT2D eigenvalue weighted by atomic mass is 10.1. The summed E-state index contributed by atoms with van der Waals surface area (Å²) in [5.74, 6) is -3.32. The van der Waals surface area contributed by atoms with Crippen molar-refractivity contribution in [3.63, 3.8) is 0 Å². The zero-order valence-corrected chi connectivity index (χ0v) is 11.6. The highest BCUT2D eigenvalue weighted by atomic mass is 35.5. The van der Waals surface area contributed by atoms with E-state index in [0.717, 1.165) is 0 Å². The molecule has 0 unspecified atom stereocenters. The lowest BCUT2D eigenvalue weighted by Crippen LogP contribution is -1.97. The Hall–Kier alpha value is -1.92. The molecule has 0 fully saturated rings. The van der Waals surface area contributed by atoms with Gasteiger partial charge in [-0.05, 0) is 6.07 Å². The van der Waals surface area contributed by atoms with Crippen molar-refractivity contribution in [1.29, 1.82) is 0 Å². The molecular formula is C13H4Cl2F3N3. The summed E-state index contributed by atoms with van der Waals surface area (Å²) < 4.78 is 40.8. The average molecular weight is 330 g/mol. The molecule has 21 heavy (non-hydrogen) atoms. The summed E-state index contributed by atoms with van der Waals surface area (Å²) in [6.07, 6.45) is 1.38. The second-order valence-corrected chi connectivity index (χ2v) is 4.84. The SMILES string of the molecule is Fc1cc(F)c(-c2c(Cl)nc3ccnnc3c2Cl)c(F)c1. The number of nitrogens with zero attached hydrogens (tertiary/aromatic N) is 3. The van der Waals surface area contributed by atoms with Gasteiger partial charge < -0.3 is 0 Å². The number of hydrogen-bond donors (Lipinski definition) is 0. The van der Waals surface area contributed by atoms with Gasteiger partial charge in [0, 0.05) is 17.7 Å². The Bertz CT molecular complexity index is 848. The molecule has 0 N–H and O–H groups in total. The van der Waals surface area contributed by atoms with Crippen LogP contribution in [0, 0.1) is 17.5 Å². The Kier molecular flexibility index (Phi) is 3.43. The number of halogens is 5. The maximum absolute atomic E-state index is 13.9. The largest absolute Gasteiger partial charge is 0.234 e. The van der Waals surface area contributed by atoms with Crippen molar-refractivity contribution in [3.8, 4) is 11.1 Å². The van der Waals surface area contributed by atoms with Crippen molar-refractivity contribution in [1.82, 2.24) is 15.2 Å². The Balaban J connectivity index is 2.41. The van der Waals surface area contributed by atoms with Crippen molar-refractivity contribution < 1.29 is 13.2 Å². The number of benzene rings is 1. The fourth-order valence-corrected chi connectivity index (χ4v) is 2.58. The Morgan fingerprint density at radius 1 is 0.952 bits per heavy atom. The summed E-state index contributed by atoms with van der Waals surface area (Å²) in [5.41, 5.74) is -0.291. The molecule has 3 nitrogen and oxygen atoms in total. The molecule has 0 bridgehead atoms. The summed E-state index contributed by atoms with van der Waals surface area (Å²) in [6, 6.07) is 2.57. The molecule has 2 aromatic heterocycles. The third-order valence-electron chi connectivity index (χ3n) is 2.81. The Labute approximate surface area is 126 Å². The molecule has 0 aliphatic heterocycles. The van der Waals surface area contributed by atoms with E-state index in [1.54, 1.807) is 0 Å². The van der Waals surface area contributed by atoms with Crippen LogP contribution >= 0.6 is 23.2 Å². The van der Waals surface area contributed by atoms with E-state index in [1.165, 1.54) is 12.3 Å². The molecule has 8 heteroatoms. The molecule has 0 aliphatic carbocycles. The lowest BCUT2D eigenvalue weighted by Gasteiger charge is -2.10. The van der Waals surface area contributed by atoms with Crippen LogP contribution in [0.3, 0.4) is 0 Å². The second-order valence-electron chi connectivity index (χ2n) is 4.10. The van der Waals surface area contributed by atoms with Gasteiger partial charge >= 0.3 is 0 Å². The van der Waals surface area contributed by atoms with E-state index in [-0.39, 0.29) is 21.3 Å². The van der Waals surface area contributed by atoms with Gasteiger partial charge in [0.05, 0.1) is 22.3 Å². The molecule has 1 aromatic carbocycles. The van der Waals surface area contributed by atoms with Gasteiger partial charge in [-0.3, -0.25) is 0 Å². The first kappa shape index (κ1) is 14.0. The standard InChI is InChI=1S/C13H4Cl2F3N3/c14-11-10(9-6(17)3-5(16)4-7(9)18)13(15)20-8-1-2-19-21-12(8)11/h1-4H. The van der Waals surface area contributed by atoms with Crippen molar-refractivity contribution in [3.05, 3.63) is 52.0 Å². The summed E-state index contributed by atoms with van der Waals surface area (Å²) in [5, 5.41) is 7.07. The third-order valence-corrected chi connectivity index (χ3v) is 3.45. The van der Waals surface area contributed by atoms with E-state index in [0.29, 0.717) is 17.6 Å². The smallest absolute Gasteiger partial charge is 0.139 e. The maximum Gasteiger partial charge on any atom is 0.139 e. The summed E-state index contributed by atoms with van der Waals surface area (Å²) in [4.78, 5) is 3.97. The van der Waals surface area contributed by atoms with Gasteiger partial charge in [-0.25, -0.2) is 18.2 Å². The van der Waals surface area contributed by atoms with Crippen LogP contribution in [0.4, 0.5) is 13.2 Å². The van der Waals surface area contributed by atoms with Gasteiger partial charge in [0.2, 0.25) is 0 Å². The van der Waals surface area contributed by atoms with Gasteiger partial charge in [0.1, 0.15) is 28.1 Å². The molecule has 3 aromatic rings. The van der Waals surface area contributed by atoms with E-state index in [4.69, 9.17) is 23.2 Å². The van der Waals surface area contributed by atoms with Crippen LogP contribution in [0.2, 0.25) is 10.2 Å². The Morgan fingerprint density at radius 3 is 2.29 bits per heavy atom. The van der Waals surface area contributed by atoms with Gasteiger partial charge in [-0.1, -0.05) is 23.2 Å². The highest BCUT2D eigenvalue weighted by Crippen LogP contribution is 2.39. The number of rotatable bonds is 1. The molecule has 0 spiro atoms. The first-order valence-corrected chi connectivity index (χ1v) is 6.36. The molecular weight excluding hydrogens is 326 g/mol. The summed E-state index contributed by atoms with van der Waals surface area (Å²) in [6.45, 7) is 0. The highest BCUT2D eigenvalue weighted by molar-refractivity contribution is 6.41. The predicted molar refractivity (Wildman–Crippen MR) is 72.7 cm³/mol. The topological polar surface area (TPSA) is 38.7 Å². The van der Waals surface area contributed by atoms with Gasteiger partial charge in [-0.15, -0.1) is 5.10 Å². The van der Waals surface area contributed by atoms with Crippen LogP contribution in [-0.2, 0) is 0 Å². The highest BCUT2D eigenvalue weighted by Gasteiger charge is 2.22. The summed E-state index contributed by atoms with van der Waals surface area (Å²) in [7, 11) is 0. The summed E-state index contributed by atoms with van der Waals surface area (Å²) >= 11 is 12.1. The minimum atomic E-state index is -1.14. The quantitative estimate of drug-likeness (QED) is 0.620. The van der Waals surface area contributed by atoms with Gasteiger partial charge in [0.25, 0.3) is 0 Å². The molecule has 0 aliphatic rings. The van der Waals surface area contributed by atoms with Crippen LogP contribution in [0.5, 0.6) is 0 Å². The molecule has 0 atom stereocenters. The monoisotopic (exact) mass is 329 g/mol. The number of pyridine rings is 1. The van der Waals surface area contributed by atoms with Crippen LogP contribution in [0.25, 0.3) is 22.2 Å². The van der Waals surface area contributed by atoms with Crippen molar-refractivity contribution in [2.45, 2.75) is 0 Å². The zero-order chi connectivity index (χ0) is 15.1. The molecule has 0 radical (unpaired) electrons. The third kappa shape index (κ3) is 2.30. The first-order valence-electron chi connectivity index (χ1n) is 5.60. The minimum absolute atomic E-state index is 0.109. The van der Waals surface area contributed by atoms with E-state index >= 15 is 0 Å². The van der Waals surface area contributed by atoms with E-state index < -0.39 is 23.0 Å². The molecule has 106 valence electrons. The number of aromatic nitrogens is 3. The molecule has 0 saturated carbocycles. The van der Waals surface area contributed by atoms with E-state index in [2.05, 4.69) is 15.2 Å². The molecule has 2 heterocycles. The minimum Gasteiger partial charge on any atom is -0.234 e. The predicted octanol–water partition coefficient (Wildman–Crippen LogP) is 4.42. The molecule has 3 rings (SSSR count). The van der Waals surface area contributed by atoms with Crippen LogP contribution in [0.15, 0.2) is 24.4 Å².